The van der Waals surface area contributed by atoms with Gasteiger partial charge in [0, 0.05) is 4.90 Å². The molecule has 4 nitrogen and oxygen atoms in total. The number of rotatable bonds is 4. The molecule has 3 rings (SSSR count). The number of hydrogen-bond donors (Lipinski definition) is 1. The fourth-order valence-electron chi connectivity index (χ4n) is 2.41. The number of aliphatic hydroxyl groups is 1. The fraction of sp³-hybridized carbons (Fsp3) is 0.429. The Kier molecular flexibility index (Phi) is 4.03. The average Bonchev–Trinajstić information content (AvgIpc) is 3.05. The lowest BCUT2D eigenvalue weighted by Crippen LogP contribution is -2.11. The van der Waals surface area contributed by atoms with Crippen molar-refractivity contribution in [1.29, 1.82) is 0 Å². The van der Waals surface area contributed by atoms with Crippen LogP contribution < -0.4 is 0 Å². The lowest BCUT2D eigenvalue weighted by molar-refractivity contribution is 0.148. The van der Waals surface area contributed by atoms with Crippen molar-refractivity contribution >= 4 is 11.8 Å². The maximum atomic E-state index is 13.1. The number of hydrogen-bond acceptors (Lipinski definition) is 5. The van der Waals surface area contributed by atoms with Gasteiger partial charge in [-0.05, 0) is 37.5 Å². The van der Waals surface area contributed by atoms with E-state index in [2.05, 4.69) is 10.1 Å². The number of nitrogens with zero attached hydrogens (tertiary/aromatic N) is 2. The van der Waals surface area contributed by atoms with Crippen molar-refractivity contribution in [3.8, 4) is 0 Å². The van der Waals surface area contributed by atoms with Crippen molar-refractivity contribution in [1.82, 2.24) is 10.1 Å². The molecule has 0 radical (unpaired) electrons. The SMILES string of the molecule is OC1CCCC1c1nc(CSc2cccc(F)c2)no1. The Labute approximate surface area is 120 Å². The van der Waals surface area contributed by atoms with Crippen LogP contribution in [0.4, 0.5) is 4.39 Å². The molecule has 1 aromatic carbocycles. The van der Waals surface area contributed by atoms with Crippen molar-refractivity contribution in [2.24, 2.45) is 0 Å². The molecule has 1 aromatic heterocycles. The third-order valence-corrected chi connectivity index (χ3v) is 4.43. The second-order valence-electron chi connectivity index (χ2n) is 4.90. The summed E-state index contributed by atoms with van der Waals surface area (Å²) in [5, 5.41) is 13.7. The van der Waals surface area contributed by atoms with Crippen molar-refractivity contribution in [2.45, 2.75) is 41.9 Å². The van der Waals surface area contributed by atoms with Crippen LogP contribution in [-0.2, 0) is 5.75 Å². The summed E-state index contributed by atoms with van der Waals surface area (Å²) in [4.78, 5) is 5.16. The summed E-state index contributed by atoms with van der Waals surface area (Å²) in [6.45, 7) is 0. The maximum absolute atomic E-state index is 13.1. The third-order valence-electron chi connectivity index (χ3n) is 3.44. The minimum Gasteiger partial charge on any atom is -0.392 e. The van der Waals surface area contributed by atoms with E-state index in [1.54, 1.807) is 6.07 Å². The Balaban J connectivity index is 1.63. The zero-order valence-electron chi connectivity index (χ0n) is 10.8. The highest BCUT2D eigenvalue weighted by Gasteiger charge is 2.31. The van der Waals surface area contributed by atoms with Crippen molar-refractivity contribution < 1.29 is 14.0 Å². The zero-order valence-corrected chi connectivity index (χ0v) is 11.6. The molecule has 1 heterocycles. The van der Waals surface area contributed by atoms with Gasteiger partial charge in [-0.1, -0.05) is 11.2 Å². The van der Waals surface area contributed by atoms with E-state index < -0.39 is 0 Å². The normalized spacial score (nSPS) is 22.3. The Hall–Kier alpha value is -1.40. The second kappa shape index (κ2) is 5.93. The Bertz CT molecular complexity index is 590. The van der Waals surface area contributed by atoms with Gasteiger partial charge in [-0.25, -0.2) is 4.39 Å². The lowest BCUT2D eigenvalue weighted by Gasteiger charge is -2.07. The molecule has 20 heavy (non-hydrogen) atoms. The number of aromatic nitrogens is 2. The Morgan fingerprint density at radius 2 is 2.30 bits per heavy atom. The van der Waals surface area contributed by atoms with Crippen molar-refractivity contribution in [2.75, 3.05) is 0 Å². The van der Waals surface area contributed by atoms with Gasteiger partial charge in [-0.2, -0.15) is 4.98 Å². The molecule has 2 unspecified atom stereocenters. The molecule has 106 valence electrons. The predicted molar refractivity (Wildman–Crippen MR) is 72.9 cm³/mol. The van der Waals surface area contributed by atoms with E-state index >= 15 is 0 Å². The van der Waals surface area contributed by atoms with Crippen molar-refractivity contribution in [3.63, 3.8) is 0 Å². The first-order chi connectivity index (χ1) is 9.72. The smallest absolute Gasteiger partial charge is 0.232 e. The first-order valence-electron chi connectivity index (χ1n) is 6.61. The molecule has 1 aliphatic rings. The van der Waals surface area contributed by atoms with E-state index in [1.165, 1.54) is 23.9 Å². The molecular weight excluding hydrogens is 279 g/mol. The summed E-state index contributed by atoms with van der Waals surface area (Å²) in [6.07, 6.45) is 2.29. The van der Waals surface area contributed by atoms with Crippen molar-refractivity contribution in [3.05, 3.63) is 41.8 Å². The molecule has 1 N–H and O–H groups in total. The Morgan fingerprint density at radius 3 is 3.05 bits per heavy atom. The van der Waals surface area contributed by atoms with E-state index in [4.69, 9.17) is 4.52 Å². The average molecular weight is 294 g/mol. The lowest BCUT2D eigenvalue weighted by atomic mass is 10.1. The van der Waals surface area contributed by atoms with Crippen LogP contribution in [-0.4, -0.2) is 21.4 Å². The van der Waals surface area contributed by atoms with Gasteiger partial charge in [0.1, 0.15) is 5.82 Å². The summed E-state index contributed by atoms with van der Waals surface area (Å²) in [5.74, 6) is 1.34. The van der Waals surface area contributed by atoms with Gasteiger partial charge in [-0.3, -0.25) is 0 Å². The number of aliphatic hydroxyl groups excluding tert-OH is 1. The molecule has 0 saturated heterocycles. The van der Waals surface area contributed by atoms with Crippen LogP contribution in [0, 0.1) is 5.82 Å². The molecule has 1 aliphatic carbocycles. The van der Waals surface area contributed by atoms with Gasteiger partial charge in [0.25, 0.3) is 0 Å². The van der Waals surface area contributed by atoms with Crippen LogP contribution in [0.3, 0.4) is 0 Å². The van der Waals surface area contributed by atoms with Crippen LogP contribution in [0.2, 0.25) is 0 Å². The molecule has 2 atom stereocenters. The van der Waals surface area contributed by atoms with Crippen LogP contribution in [0.1, 0.15) is 36.9 Å². The molecule has 0 amide bonds. The standard InChI is InChI=1S/C14H15FN2O2S/c15-9-3-1-4-10(7-9)20-8-13-16-14(19-17-13)11-5-2-6-12(11)18/h1,3-4,7,11-12,18H,2,5-6,8H2. The molecular formula is C14H15FN2O2S. The summed E-state index contributed by atoms with van der Waals surface area (Å²) >= 11 is 1.46. The molecule has 1 fully saturated rings. The van der Waals surface area contributed by atoms with E-state index in [1.807, 2.05) is 6.07 Å². The van der Waals surface area contributed by atoms with E-state index in [0.717, 1.165) is 24.2 Å². The van der Waals surface area contributed by atoms with Crippen LogP contribution in [0.25, 0.3) is 0 Å². The molecule has 2 aromatic rings. The van der Waals surface area contributed by atoms with Gasteiger partial charge in [-0.15, -0.1) is 11.8 Å². The van der Waals surface area contributed by atoms with E-state index in [-0.39, 0.29) is 17.8 Å². The Morgan fingerprint density at radius 1 is 1.40 bits per heavy atom. The zero-order chi connectivity index (χ0) is 13.9. The second-order valence-corrected chi connectivity index (χ2v) is 5.95. The maximum Gasteiger partial charge on any atom is 0.232 e. The van der Waals surface area contributed by atoms with Crippen LogP contribution >= 0.6 is 11.8 Å². The minimum atomic E-state index is -0.376. The molecule has 0 spiro atoms. The topological polar surface area (TPSA) is 59.2 Å². The number of halogens is 1. The highest BCUT2D eigenvalue weighted by Crippen LogP contribution is 2.34. The van der Waals surface area contributed by atoms with E-state index in [0.29, 0.717) is 17.5 Å². The van der Waals surface area contributed by atoms with Crippen LogP contribution in [0.15, 0.2) is 33.7 Å². The quantitative estimate of drug-likeness (QED) is 0.878. The first-order valence-corrected chi connectivity index (χ1v) is 7.60. The fourth-order valence-corrected chi connectivity index (χ4v) is 3.19. The minimum absolute atomic E-state index is 0.0320. The molecule has 0 aliphatic heterocycles. The summed E-state index contributed by atoms with van der Waals surface area (Å²) in [5.41, 5.74) is 0. The predicted octanol–water partition coefficient (Wildman–Crippen LogP) is 3.13. The van der Waals surface area contributed by atoms with Gasteiger partial charge < -0.3 is 9.63 Å². The number of thioether (sulfide) groups is 1. The third kappa shape index (κ3) is 3.02. The highest BCUT2D eigenvalue weighted by molar-refractivity contribution is 7.98. The largest absolute Gasteiger partial charge is 0.392 e. The molecule has 0 bridgehead atoms. The van der Waals surface area contributed by atoms with E-state index in [9.17, 15) is 9.50 Å². The van der Waals surface area contributed by atoms with Gasteiger partial charge in [0.2, 0.25) is 5.89 Å². The highest BCUT2D eigenvalue weighted by atomic mass is 32.2. The molecule has 1 saturated carbocycles. The van der Waals surface area contributed by atoms with Crippen LogP contribution in [0.5, 0.6) is 0 Å². The van der Waals surface area contributed by atoms with Gasteiger partial charge in [0.05, 0.1) is 17.8 Å². The number of benzene rings is 1. The summed E-state index contributed by atoms with van der Waals surface area (Å²) < 4.78 is 18.3. The molecule has 6 heteroatoms. The first kappa shape index (κ1) is 13.6. The van der Waals surface area contributed by atoms with Gasteiger partial charge >= 0.3 is 0 Å². The summed E-state index contributed by atoms with van der Waals surface area (Å²) in [6, 6.07) is 6.41. The van der Waals surface area contributed by atoms with Gasteiger partial charge in [0.15, 0.2) is 5.82 Å². The monoisotopic (exact) mass is 294 g/mol. The summed E-state index contributed by atoms with van der Waals surface area (Å²) in [7, 11) is 0.